The van der Waals surface area contributed by atoms with Crippen LogP contribution in [0.4, 0.5) is 0 Å². The van der Waals surface area contributed by atoms with E-state index in [1.807, 2.05) is 6.07 Å². The van der Waals surface area contributed by atoms with Crippen LogP contribution in [0.25, 0.3) is 11.1 Å². The van der Waals surface area contributed by atoms with E-state index in [1.54, 1.807) is 6.92 Å². The molecule has 4 heteroatoms. The molecule has 1 aromatic heterocycles. The van der Waals surface area contributed by atoms with E-state index < -0.39 is 5.97 Å². The zero-order valence-electron chi connectivity index (χ0n) is 10.1. The molecule has 1 aliphatic rings. The van der Waals surface area contributed by atoms with Crippen molar-refractivity contribution in [3.63, 3.8) is 0 Å². The number of rotatable bonds is 2. The van der Waals surface area contributed by atoms with Crippen molar-refractivity contribution in [3.05, 3.63) is 40.8 Å². The Labute approximate surface area is 104 Å². The molecule has 0 saturated carbocycles. The average molecular weight is 243 g/mol. The Morgan fingerprint density at radius 1 is 1.33 bits per heavy atom. The first-order valence-corrected chi connectivity index (χ1v) is 5.98. The minimum absolute atomic E-state index is 0.00885. The number of carboxylic acids is 1. The maximum absolute atomic E-state index is 11.1. The molecule has 2 aromatic rings. The second-order valence-corrected chi connectivity index (χ2v) is 4.60. The van der Waals surface area contributed by atoms with Gasteiger partial charge in [0.25, 0.3) is 0 Å². The second kappa shape index (κ2) is 3.98. The van der Waals surface area contributed by atoms with Crippen LogP contribution in [-0.4, -0.2) is 16.2 Å². The zero-order chi connectivity index (χ0) is 12.7. The van der Waals surface area contributed by atoms with Crippen LogP contribution in [0.1, 0.15) is 33.8 Å². The third-order valence-corrected chi connectivity index (χ3v) is 3.45. The van der Waals surface area contributed by atoms with Crippen LogP contribution in [0.5, 0.6) is 0 Å². The van der Waals surface area contributed by atoms with Crippen molar-refractivity contribution < 1.29 is 14.4 Å². The summed E-state index contributed by atoms with van der Waals surface area (Å²) in [5.74, 6) is -0.507. The largest absolute Gasteiger partial charge is 0.476 e. The fraction of sp³-hybridized carbons (Fsp3) is 0.286. The Morgan fingerprint density at radius 3 is 2.89 bits per heavy atom. The molecule has 1 N–H and O–H groups in total. The summed E-state index contributed by atoms with van der Waals surface area (Å²) >= 11 is 0. The molecule has 92 valence electrons. The van der Waals surface area contributed by atoms with Gasteiger partial charge in [-0.15, -0.1) is 0 Å². The Morgan fingerprint density at radius 2 is 2.11 bits per heavy atom. The fourth-order valence-electron chi connectivity index (χ4n) is 2.59. The van der Waals surface area contributed by atoms with Crippen LogP contribution in [-0.2, 0) is 12.8 Å². The van der Waals surface area contributed by atoms with Gasteiger partial charge in [0.1, 0.15) is 5.76 Å². The number of aromatic nitrogens is 1. The Bertz CT molecular complexity index is 628. The van der Waals surface area contributed by atoms with E-state index in [0.29, 0.717) is 11.3 Å². The standard InChI is InChI=1S/C14H13NO3/c1-8-12(13(14(16)17)15-18-8)11-6-5-9-3-2-4-10(9)7-11/h5-7H,2-4H2,1H3,(H,16,17). The Hall–Kier alpha value is -2.10. The average Bonchev–Trinajstić information content (AvgIpc) is 2.93. The molecule has 0 aliphatic heterocycles. The van der Waals surface area contributed by atoms with Crippen LogP contribution in [0, 0.1) is 6.92 Å². The van der Waals surface area contributed by atoms with Crippen LogP contribution in [0.3, 0.4) is 0 Å². The molecule has 0 saturated heterocycles. The molecule has 1 heterocycles. The van der Waals surface area contributed by atoms with E-state index in [1.165, 1.54) is 17.5 Å². The predicted octanol–water partition coefficient (Wildman–Crippen LogP) is 2.84. The van der Waals surface area contributed by atoms with Gasteiger partial charge < -0.3 is 9.63 Å². The molecule has 3 rings (SSSR count). The summed E-state index contributed by atoms with van der Waals surface area (Å²) in [4.78, 5) is 11.1. The van der Waals surface area contributed by atoms with Gasteiger partial charge in [0.2, 0.25) is 0 Å². The number of carboxylic acid groups (broad SMARTS) is 1. The van der Waals surface area contributed by atoms with E-state index in [4.69, 9.17) is 9.63 Å². The summed E-state index contributed by atoms with van der Waals surface area (Å²) in [6.45, 7) is 1.74. The van der Waals surface area contributed by atoms with Gasteiger partial charge in [0, 0.05) is 0 Å². The third-order valence-electron chi connectivity index (χ3n) is 3.45. The smallest absolute Gasteiger partial charge is 0.358 e. The minimum atomic E-state index is -1.05. The van der Waals surface area contributed by atoms with Gasteiger partial charge in [-0.05, 0) is 42.9 Å². The summed E-state index contributed by atoms with van der Waals surface area (Å²) in [7, 11) is 0. The molecular formula is C14H13NO3. The lowest BCUT2D eigenvalue weighted by atomic mass is 9.99. The molecule has 0 fully saturated rings. The number of fused-ring (bicyclic) bond motifs is 1. The van der Waals surface area contributed by atoms with Crippen molar-refractivity contribution in [2.45, 2.75) is 26.2 Å². The first-order chi connectivity index (χ1) is 8.66. The molecule has 0 unspecified atom stereocenters. The number of nitrogens with zero attached hydrogens (tertiary/aromatic N) is 1. The van der Waals surface area contributed by atoms with Crippen LogP contribution in [0.15, 0.2) is 22.7 Å². The molecular weight excluding hydrogens is 230 g/mol. The van der Waals surface area contributed by atoms with E-state index in [0.717, 1.165) is 18.4 Å². The van der Waals surface area contributed by atoms with Gasteiger partial charge >= 0.3 is 5.97 Å². The lowest BCUT2D eigenvalue weighted by Gasteiger charge is -2.04. The monoisotopic (exact) mass is 243 g/mol. The van der Waals surface area contributed by atoms with E-state index in [9.17, 15) is 4.79 Å². The Balaban J connectivity index is 2.15. The van der Waals surface area contributed by atoms with Gasteiger partial charge in [0.15, 0.2) is 5.69 Å². The van der Waals surface area contributed by atoms with Gasteiger partial charge in [-0.1, -0.05) is 23.4 Å². The van der Waals surface area contributed by atoms with Crippen LogP contribution >= 0.6 is 0 Å². The normalized spacial score (nSPS) is 13.6. The first-order valence-electron chi connectivity index (χ1n) is 5.98. The van der Waals surface area contributed by atoms with Crippen molar-refractivity contribution in [2.75, 3.05) is 0 Å². The van der Waals surface area contributed by atoms with Crippen molar-refractivity contribution in [2.24, 2.45) is 0 Å². The summed E-state index contributed by atoms with van der Waals surface area (Å²) in [6, 6.07) is 6.10. The summed E-state index contributed by atoms with van der Waals surface area (Å²) in [5, 5.41) is 12.7. The summed E-state index contributed by atoms with van der Waals surface area (Å²) in [5.41, 5.74) is 4.14. The molecule has 1 aliphatic carbocycles. The van der Waals surface area contributed by atoms with Gasteiger partial charge in [-0.2, -0.15) is 0 Å². The lowest BCUT2D eigenvalue weighted by Crippen LogP contribution is -1.99. The highest BCUT2D eigenvalue weighted by atomic mass is 16.5. The van der Waals surface area contributed by atoms with Gasteiger partial charge in [0.05, 0.1) is 5.56 Å². The van der Waals surface area contributed by atoms with Gasteiger partial charge in [-0.3, -0.25) is 0 Å². The third kappa shape index (κ3) is 1.61. The molecule has 18 heavy (non-hydrogen) atoms. The molecule has 4 nitrogen and oxygen atoms in total. The molecule has 0 spiro atoms. The predicted molar refractivity (Wildman–Crippen MR) is 65.7 cm³/mol. The van der Waals surface area contributed by atoms with Crippen molar-refractivity contribution in [3.8, 4) is 11.1 Å². The van der Waals surface area contributed by atoms with Crippen LogP contribution in [0.2, 0.25) is 0 Å². The minimum Gasteiger partial charge on any atom is -0.476 e. The zero-order valence-corrected chi connectivity index (χ0v) is 10.1. The number of aryl methyl sites for hydroxylation is 3. The SMILES string of the molecule is Cc1onc(C(=O)O)c1-c1ccc2c(c1)CCC2. The number of aromatic carboxylic acids is 1. The highest BCUT2D eigenvalue weighted by Crippen LogP contribution is 2.31. The fourth-order valence-corrected chi connectivity index (χ4v) is 2.59. The molecule has 0 bridgehead atoms. The van der Waals surface area contributed by atoms with E-state index in [2.05, 4.69) is 17.3 Å². The molecule has 0 atom stereocenters. The van der Waals surface area contributed by atoms with Gasteiger partial charge in [-0.25, -0.2) is 4.79 Å². The topological polar surface area (TPSA) is 63.3 Å². The molecule has 0 radical (unpaired) electrons. The van der Waals surface area contributed by atoms with E-state index >= 15 is 0 Å². The first kappa shape index (κ1) is 11.0. The van der Waals surface area contributed by atoms with Crippen LogP contribution < -0.4 is 0 Å². The maximum atomic E-state index is 11.1. The number of benzene rings is 1. The summed E-state index contributed by atoms with van der Waals surface area (Å²) in [6.07, 6.45) is 3.35. The van der Waals surface area contributed by atoms with Crippen molar-refractivity contribution in [1.82, 2.24) is 5.16 Å². The number of hydrogen-bond acceptors (Lipinski definition) is 3. The van der Waals surface area contributed by atoms with Crippen molar-refractivity contribution >= 4 is 5.97 Å². The number of hydrogen-bond donors (Lipinski definition) is 1. The Kier molecular flexibility index (Phi) is 2.44. The highest BCUT2D eigenvalue weighted by molar-refractivity contribution is 5.94. The second-order valence-electron chi connectivity index (χ2n) is 4.60. The van der Waals surface area contributed by atoms with E-state index in [-0.39, 0.29) is 5.69 Å². The van der Waals surface area contributed by atoms with Crippen molar-refractivity contribution in [1.29, 1.82) is 0 Å². The number of carbonyl (C=O) groups is 1. The lowest BCUT2D eigenvalue weighted by molar-refractivity contribution is 0.0686. The summed E-state index contributed by atoms with van der Waals surface area (Å²) < 4.78 is 5.00. The highest BCUT2D eigenvalue weighted by Gasteiger charge is 2.21. The maximum Gasteiger partial charge on any atom is 0.358 e. The quantitative estimate of drug-likeness (QED) is 0.880. The molecule has 0 amide bonds. The molecule has 1 aromatic carbocycles.